The van der Waals surface area contributed by atoms with Crippen LogP contribution in [0.15, 0.2) is 16.6 Å². The summed E-state index contributed by atoms with van der Waals surface area (Å²) in [7, 11) is 0. The second-order valence-corrected chi connectivity index (χ2v) is 8.67. The Hall–Kier alpha value is -1.09. The first-order valence-corrected chi connectivity index (χ1v) is 9.85. The van der Waals surface area contributed by atoms with Gasteiger partial charge in [0.15, 0.2) is 10.2 Å². The summed E-state index contributed by atoms with van der Waals surface area (Å²) in [6.07, 6.45) is 3.82. The first-order valence-electron chi connectivity index (χ1n) is 7.40. The highest BCUT2D eigenvalue weighted by Gasteiger charge is 2.21. The van der Waals surface area contributed by atoms with Crippen LogP contribution in [0.25, 0.3) is 0 Å². The van der Waals surface area contributed by atoms with Crippen molar-refractivity contribution in [3.8, 4) is 0 Å². The lowest BCUT2D eigenvalue weighted by Gasteiger charge is -2.11. The van der Waals surface area contributed by atoms with E-state index in [0.717, 1.165) is 22.6 Å². The molecular formula is C14H15Cl2N5OS2. The Labute approximate surface area is 158 Å². The smallest absolute Gasteiger partial charge is 0.238 e. The van der Waals surface area contributed by atoms with E-state index in [-0.39, 0.29) is 11.2 Å². The van der Waals surface area contributed by atoms with E-state index < -0.39 is 0 Å². The fourth-order valence-corrected chi connectivity index (χ4v) is 4.68. The standard InChI is InChI=1S/C14H15Cl2N5OS2/c1-8(12(22)18-11-10(16)6-9(15)7-17-11)23-14-20-19-13(24-14)21-4-2-3-5-21/h6-8H,2-5H2,1H3,(H,17,18,22)/t8-/m0/s1. The maximum absolute atomic E-state index is 12.3. The molecule has 10 heteroatoms. The van der Waals surface area contributed by atoms with Crippen molar-refractivity contribution in [3.05, 3.63) is 22.3 Å². The highest BCUT2D eigenvalue weighted by Crippen LogP contribution is 2.32. The van der Waals surface area contributed by atoms with E-state index in [1.807, 2.05) is 0 Å². The number of amides is 1. The molecule has 0 radical (unpaired) electrons. The summed E-state index contributed by atoms with van der Waals surface area (Å²) < 4.78 is 0.773. The molecule has 1 aliphatic rings. The number of nitrogens with zero attached hydrogens (tertiary/aromatic N) is 4. The molecule has 3 heterocycles. The zero-order valence-electron chi connectivity index (χ0n) is 12.8. The van der Waals surface area contributed by atoms with Gasteiger partial charge in [0.1, 0.15) is 0 Å². The van der Waals surface area contributed by atoms with E-state index in [9.17, 15) is 4.79 Å². The fraction of sp³-hybridized carbons (Fsp3) is 0.429. The minimum Gasteiger partial charge on any atom is -0.347 e. The predicted octanol–water partition coefficient (Wildman–Crippen LogP) is 3.96. The van der Waals surface area contributed by atoms with E-state index in [0.29, 0.717) is 15.9 Å². The quantitative estimate of drug-likeness (QED) is 0.761. The number of carbonyl (C=O) groups excluding carboxylic acids is 1. The molecule has 2 aromatic rings. The third kappa shape index (κ3) is 4.30. The third-order valence-corrected chi connectivity index (χ3v) is 6.13. The summed E-state index contributed by atoms with van der Waals surface area (Å²) in [6.45, 7) is 3.85. The van der Waals surface area contributed by atoms with Crippen molar-refractivity contribution in [2.45, 2.75) is 29.4 Å². The highest BCUT2D eigenvalue weighted by molar-refractivity contribution is 8.02. The number of hydrogen-bond donors (Lipinski definition) is 1. The Morgan fingerprint density at radius 1 is 1.38 bits per heavy atom. The van der Waals surface area contributed by atoms with Crippen LogP contribution in [0.2, 0.25) is 10.0 Å². The number of pyridine rings is 1. The predicted molar refractivity (Wildman–Crippen MR) is 99.6 cm³/mol. The van der Waals surface area contributed by atoms with Crippen LogP contribution < -0.4 is 10.2 Å². The minimum absolute atomic E-state index is 0.199. The van der Waals surface area contributed by atoms with Gasteiger partial charge in [0.2, 0.25) is 11.0 Å². The lowest BCUT2D eigenvalue weighted by atomic mass is 10.4. The first kappa shape index (κ1) is 17.7. The molecule has 24 heavy (non-hydrogen) atoms. The topological polar surface area (TPSA) is 71.0 Å². The molecule has 0 aliphatic carbocycles. The van der Waals surface area contributed by atoms with Crippen LogP contribution in [-0.4, -0.2) is 39.4 Å². The maximum Gasteiger partial charge on any atom is 0.238 e. The molecule has 1 N–H and O–H groups in total. The Balaban J connectivity index is 1.59. The van der Waals surface area contributed by atoms with E-state index in [4.69, 9.17) is 23.2 Å². The molecule has 0 spiro atoms. The number of nitrogens with one attached hydrogen (secondary N) is 1. The molecular weight excluding hydrogens is 389 g/mol. The molecule has 1 aliphatic heterocycles. The summed E-state index contributed by atoms with van der Waals surface area (Å²) in [5.41, 5.74) is 0. The van der Waals surface area contributed by atoms with Crippen LogP contribution in [0.4, 0.5) is 10.9 Å². The van der Waals surface area contributed by atoms with Crippen LogP contribution in [0.1, 0.15) is 19.8 Å². The van der Waals surface area contributed by atoms with Gasteiger partial charge in [-0.1, -0.05) is 46.3 Å². The number of anilines is 2. The van der Waals surface area contributed by atoms with Crippen molar-refractivity contribution in [3.63, 3.8) is 0 Å². The summed E-state index contributed by atoms with van der Waals surface area (Å²) in [4.78, 5) is 18.6. The van der Waals surface area contributed by atoms with E-state index in [1.54, 1.807) is 6.92 Å². The zero-order valence-corrected chi connectivity index (χ0v) is 16.0. The van der Waals surface area contributed by atoms with Crippen molar-refractivity contribution in [1.29, 1.82) is 0 Å². The van der Waals surface area contributed by atoms with Crippen LogP contribution >= 0.6 is 46.3 Å². The van der Waals surface area contributed by atoms with Gasteiger partial charge in [0.05, 0.1) is 15.3 Å². The molecule has 0 bridgehead atoms. The van der Waals surface area contributed by atoms with Crippen LogP contribution in [0.5, 0.6) is 0 Å². The number of halogens is 2. The minimum atomic E-state index is -0.349. The van der Waals surface area contributed by atoms with Gasteiger partial charge < -0.3 is 10.2 Å². The molecule has 6 nitrogen and oxygen atoms in total. The SMILES string of the molecule is C[C@H](Sc1nnc(N2CCCC2)s1)C(=O)Nc1ncc(Cl)cc1Cl. The number of thioether (sulfide) groups is 1. The van der Waals surface area contributed by atoms with E-state index in [1.165, 1.54) is 48.2 Å². The van der Waals surface area contributed by atoms with Gasteiger partial charge in [-0.05, 0) is 25.8 Å². The number of carbonyl (C=O) groups is 1. The molecule has 0 unspecified atom stereocenters. The van der Waals surface area contributed by atoms with Crippen molar-refractivity contribution in [2.24, 2.45) is 0 Å². The number of rotatable bonds is 5. The zero-order chi connectivity index (χ0) is 17.1. The van der Waals surface area contributed by atoms with Gasteiger partial charge in [-0.2, -0.15) is 0 Å². The highest BCUT2D eigenvalue weighted by atomic mass is 35.5. The van der Waals surface area contributed by atoms with Gasteiger partial charge in [-0.25, -0.2) is 4.98 Å². The van der Waals surface area contributed by atoms with Crippen LogP contribution in [-0.2, 0) is 4.79 Å². The monoisotopic (exact) mass is 403 g/mol. The van der Waals surface area contributed by atoms with Crippen molar-refractivity contribution >= 4 is 63.2 Å². The summed E-state index contributed by atoms with van der Waals surface area (Å²) >= 11 is 14.7. The molecule has 1 atom stereocenters. The average molecular weight is 404 g/mol. The molecule has 0 aromatic carbocycles. The molecule has 1 fully saturated rings. The molecule has 0 saturated carbocycles. The van der Waals surface area contributed by atoms with Crippen LogP contribution in [0.3, 0.4) is 0 Å². The third-order valence-electron chi connectivity index (χ3n) is 3.47. The number of hydrogen-bond acceptors (Lipinski definition) is 7. The van der Waals surface area contributed by atoms with Crippen molar-refractivity contribution < 1.29 is 4.79 Å². The van der Waals surface area contributed by atoms with Crippen LogP contribution in [0, 0.1) is 0 Å². The molecule has 1 saturated heterocycles. The molecule has 1 amide bonds. The Morgan fingerprint density at radius 2 is 2.12 bits per heavy atom. The van der Waals surface area contributed by atoms with Crippen molar-refractivity contribution in [2.75, 3.05) is 23.3 Å². The molecule has 2 aromatic heterocycles. The van der Waals surface area contributed by atoms with Gasteiger partial charge >= 0.3 is 0 Å². The van der Waals surface area contributed by atoms with Gasteiger partial charge in [-0.3, -0.25) is 4.79 Å². The second-order valence-electron chi connectivity index (χ2n) is 5.28. The van der Waals surface area contributed by atoms with Gasteiger partial charge in [-0.15, -0.1) is 10.2 Å². The Bertz CT molecular complexity index is 736. The molecule has 3 rings (SSSR count). The first-order chi connectivity index (χ1) is 11.5. The second kappa shape index (κ2) is 7.86. The van der Waals surface area contributed by atoms with E-state index in [2.05, 4.69) is 25.4 Å². The van der Waals surface area contributed by atoms with Gasteiger partial charge in [0.25, 0.3) is 0 Å². The Kier molecular flexibility index (Phi) is 5.80. The molecule has 128 valence electrons. The van der Waals surface area contributed by atoms with Crippen molar-refractivity contribution in [1.82, 2.24) is 15.2 Å². The summed E-state index contributed by atoms with van der Waals surface area (Å²) in [6, 6.07) is 1.54. The van der Waals surface area contributed by atoms with E-state index >= 15 is 0 Å². The number of aromatic nitrogens is 3. The summed E-state index contributed by atoms with van der Waals surface area (Å²) in [5, 5.41) is 12.4. The maximum atomic E-state index is 12.3. The lowest BCUT2D eigenvalue weighted by Crippen LogP contribution is -2.23. The normalized spacial score (nSPS) is 15.5. The fourth-order valence-electron chi connectivity index (χ4n) is 2.22. The summed E-state index contributed by atoms with van der Waals surface area (Å²) in [5.74, 6) is 0.100. The average Bonchev–Trinajstić information content (AvgIpc) is 3.20. The van der Waals surface area contributed by atoms with Gasteiger partial charge in [0, 0.05) is 19.3 Å². The Morgan fingerprint density at radius 3 is 2.83 bits per heavy atom. The lowest BCUT2D eigenvalue weighted by molar-refractivity contribution is -0.115. The largest absolute Gasteiger partial charge is 0.347 e.